The smallest absolute Gasteiger partial charge is 0.246 e. The van der Waals surface area contributed by atoms with Crippen LogP contribution in [0.1, 0.15) is 65.4 Å². The van der Waals surface area contributed by atoms with Gasteiger partial charge in [-0.05, 0) is 48.8 Å². The van der Waals surface area contributed by atoms with E-state index in [2.05, 4.69) is 50.0 Å². The second kappa shape index (κ2) is 9.53. The number of rotatable bonds is 6. The average molecular weight is 458 g/mol. The molecule has 1 atom stereocenters. The molecule has 2 fully saturated rings. The van der Waals surface area contributed by atoms with Crippen LogP contribution in [-0.4, -0.2) is 66.0 Å². The van der Waals surface area contributed by atoms with Gasteiger partial charge < -0.3 is 19.7 Å². The van der Waals surface area contributed by atoms with E-state index in [1.54, 1.807) is 0 Å². The first kappa shape index (κ1) is 23.9. The summed E-state index contributed by atoms with van der Waals surface area (Å²) in [7, 11) is 0. The average Bonchev–Trinajstić information content (AvgIpc) is 2.78. The van der Waals surface area contributed by atoms with Crippen molar-refractivity contribution in [3.8, 4) is 11.5 Å². The number of hydrogen-bond donors (Lipinski definition) is 1. The van der Waals surface area contributed by atoms with Crippen LogP contribution in [0.25, 0.3) is 0 Å². The molecule has 182 valence electrons. The second-order valence-electron chi connectivity index (χ2n) is 10.9. The largest absolute Gasteiger partial charge is 0.486 e. The van der Waals surface area contributed by atoms with Gasteiger partial charge in [-0.3, -0.25) is 14.5 Å². The number of fused-ring (bicyclic) bond motifs is 1. The predicted molar refractivity (Wildman–Crippen MR) is 127 cm³/mol. The van der Waals surface area contributed by atoms with Crippen LogP contribution in [0.2, 0.25) is 0 Å². The zero-order valence-corrected chi connectivity index (χ0v) is 20.6. The van der Waals surface area contributed by atoms with Crippen LogP contribution in [0.15, 0.2) is 18.2 Å². The number of hydrogen-bond acceptors (Lipinski definition) is 5. The van der Waals surface area contributed by atoms with Gasteiger partial charge in [0.15, 0.2) is 11.5 Å². The first-order valence-electron chi connectivity index (χ1n) is 12.5. The van der Waals surface area contributed by atoms with Crippen LogP contribution in [0.3, 0.4) is 0 Å². The number of carbonyl (C=O) groups excluding carboxylic acids is 2. The Morgan fingerprint density at radius 2 is 1.79 bits per heavy atom. The molecule has 0 unspecified atom stereocenters. The molecule has 0 aliphatic carbocycles. The zero-order chi connectivity index (χ0) is 23.6. The van der Waals surface area contributed by atoms with Crippen LogP contribution < -0.4 is 14.8 Å². The molecule has 2 amide bonds. The molecule has 1 aromatic carbocycles. The molecule has 7 nitrogen and oxygen atoms in total. The third kappa shape index (κ3) is 5.13. The third-order valence-electron chi connectivity index (χ3n) is 7.06. The Labute approximate surface area is 197 Å². The van der Waals surface area contributed by atoms with Crippen molar-refractivity contribution in [2.75, 3.05) is 32.8 Å². The van der Waals surface area contributed by atoms with Crippen molar-refractivity contribution >= 4 is 11.8 Å². The van der Waals surface area contributed by atoms with Gasteiger partial charge in [0.1, 0.15) is 24.8 Å². The van der Waals surface area contributed by atoms with Gasteiger partial charge in [-0.25, -0.2) is 0 Å². The van der Waals surface area contributed by atoms with Gasteiger partial charge in [0, 0.05) is 26.2 Å². The normalized spacial score (nSPS) is 23.0. The minimum absolute atomic E-state index is 0.0263. The fourth-order valence-electron chi connectivity index (χ4n) is 5.29. The molecular formula is C26H39N3O4. The molecule has 2 saturated heterocycles. The second-order valence-corrected chi connectivity index (χ2v) is 10.9. The predicted octanol–water partition coefficient (Wildman–Crippen LogP) is 3.36. The van der Waals surface area contributed by atoms with E-state index in [1.807, 2.05) is 11.0 Å². The zero-order valence-electron chi connectivity index (χ0n) is 20.6. The molecule has 3 aliphatic rings. The molecule has 4 rings (SSSR count). The molecular weight excluding hydrogens is 418 g/mol. The Balaban J connectivity index is 1.45. The fraction of sp³-hybridized carbons (Fsp3) is 0.692. The number of unbranched alkanes of at least 4 members (excludes halogenated alkanes) is 1. The van der Waals surface area contributed by atoms with E-state index in [-0.39, 0.29) is 17.2 Å². The summed E-state index contributed by atoms with van der Waals surface area (Å²) < 4.78 is 11.4. The lowest BCUT2D eigenvalue weighted by molar-refractivity contribution is -0.162. The van der Waals surface area contributed by atoms with E-state index >= 15 is 0 Å². The number of piperidine rings is 1. The van der Waals surface area contributed by atoms with Crippen molar-refractivity contribution < 1.29 is 19.1 Å². The van der Waals surface area contributed by atoms with Gasteiger partial charge in [-0.2, -0.15) is 0 Å². The Morgan fingerprint density at radius 1 is 1.09 bits per heavy atom. The topological polar surface area (TPSA) is 71.1 Å². The maximum absolute atomic E-state index is 13.5. The summed E-state index contributed by atoms with van der Waals surface area (Å²) in [6.07, 6.45) is 3.92. The maximum atomic E-state index is 13.5. The van der Waals surface area contributed by atoms with Crippen molar-refractivity contribution in [2.24, 2.45) is 5.41 Å². The Morgan fingerprint density at radius 3 is 2.45 bits per heavy atom. The molecule has 0 aromatic heterocycles. The van der Waals surface area contributed by atoms with Crippen molar-refractivity contribution in [1.29, 1.82) is 0 Å². The van der Waals surface area contributed by atoms with Gasteiger partial charge >= 0.3 is 0 Å². The number of nitrogens with zero attached hydrogens (tertiary/aromatic N) is 2. The number of ether oxygens (including phenoxy) is 2. The summed E-state index contributed by atoms with van der Waals surface area (Å²) in [4.78, 5) is 31.3. The lowest BCUT2D eigenvalue weighted by Crippen LogP contribution is -2.73. The van der Waals surface area contributed by atoms with Gasteiger partial charge in [-0.15, -0.1) is 0 Å². The van der Waals surface area contributed by atoms with Crippen LogP contribution in [0.5, 0.6) is 11.5 Å². The summed E-state index contributed by atoms with van der Waals surface area (Å²) in [5.74, 6) is 1.74. The highest BCUT2D eigenvalue weighted by Crippen LogP contribution is 2.36. The number of piperazine rings is 1. The molecule has 0 bridgehead atoms. The monoisotopic (exact) mass is 457 g/mol. The summed E-state index contributed by atoms with van der Waals surface area (Å²) in [6, 6.07) is 5.69. The number of likely N-dealkylation sites (tertiary alicyclic amines) is 1. The van der Waals surface area contributed by atoms with Crippen LogP contribution in [0.4, 0.5) is 0 Å². The molecule has 3 heterocycles. The third-order valence-corrected chi connectivity index (χ3v) is 7.06. The number of amides is 2. The van der Waals surface area contributed by atoms with Gasteiger partial charge in [0.25, 0.3) is 0 Å². The molecule has 1 spiro atoms. The Bertz CT molecular complexity index is 871. The summed E-state index contributed by atoms with van der Waals surface area (Å²) >= 11 is 0. The molecule has 7 heteroatoms. The Hall–Kier alpha value is -2.28. The van der Waals surface area contributed by atoms with Gasteiger partial charge in [0.05, 0.1) is 0 Å². The van der Waals surface area contributed by atoms with E-state index < -0.39 is 11.6 Å². The quantitative estimate of drug-likeness (QED) is 0.709. The van der Waals surface area contributed by atoms with Gasteiger partial charge in [-0.1, -0.05) is 40.2 Å². The summed E-state index contributed by atoms with van der Waals surface area (Å²) in [6.45, 7) is 12.7. The SMILES string of the molecule is CCCCN1C(=O)[C@H](CC(C)(C)C)NC(=O)C12CCN(Cc1ccc3c(c1)OCCO3)CC2. The highest BCUT2D eigenvalue weighted by molar-refractivity contribution is 6.00. The molecule has 3 aliphatic heterocycles. The molecule has 1 N–H and O–H groups in total. The van der Waals surface area contributed by atoms with E-state index in [1.165, 1.54) is 5.56 Å². The van der Waals surface area contributed by atoms with Crippen molar-refractivity contribution in [3.63, 3.8) is 0 Å². The maximum Gasteiger partial charge on any atom is 0.246 e. The number of benzene rings is 1. The molecule has 0 saturated carbocycles. The van der Waals surface area contributed by atoms with E-state index in [9.17, 15) is 9.59 Å². The minimum Gasteiger partial charge on any atom is -0.486 e. The van der Waals surface area contributed by atoms with E-state index in [4.69, 9.17) is 9.47 Å². The summed E-state index contributed by atoms with van der Waals surface area (Å²) in [5, 5.41) is 3.11. The standard InChI is InChI=1S/C26H39N3O4/c1-5-6-11-29-23(30)20(17-25(2,3)4)27-24(31)26(29)9-12-28(13-10-26)18-19-7-8-21-22(16-19)33-15-14-32-21/h7-8,16,20H,5-6,9-15,17-18H2,1-4H3,(H,27,31)/t20-/m0/s1. The first-order chi connectivity index (χ1) is 15.7. The molecule has 33 heavy (non-hydrogen) atoms. The first-order valence-corrected chi connectivity index (χ1v) is 12.5. The fourth-order valence-corrected chi connectivity index (χ4v) is 5.29. The number of nitrogens with one attached hydrogen (secondary N) is 1. The number of carbonyl (C=O) groups is 2. The molecule has 1 aromatic rings. The highest BCUT2D eigenvalue weighted by atomic mass is 16.6. The van der Waals surface area contributed by atoms with Crippen LogP contribution >= 0.6 is 0 Å². The van der Waals surface area contributed by atoms with Crippen LogP contribution in [0, 0.1) is 5.41 Å². The van der Waals surface area contributed by atoms with E-state index in [0.29, 0.717) is 39.0 Å². The summed E-state index contributed by atoms with van der Waals surface area (Å²) in [5.41, 5.74) is 0.429. The van der Waals surface area contributed by atoms with Crippen molar-refractivity contribution in [3.05, 3.63) is 23.8 Å². The van der Waals surface area contributed by atoms with E-state index in [0.717, 1.165) is 44.0 Å². The van der Waals surface area contributed by atoms with Crippen molar-refractivity contribution in [2.45, 2.75) is 77.9 Å². The minimum atomic E-state index is -0.718. The van der Waals surface area contributed by atoms with Crippen molar-refractivity contribution in [1.82, 2.24) is 15.1 Å². The van der Waals surface area contributed by atoms with Crippen LogP contribution in [-0.2, 0) is 16.1 Å². The Kier molecular flexibility index (Phi) is 6.89. The lowest BCUT2D eigenvalue weighted by Gasteiger charge is -2.52. The lowest BCUT2D eigenvalue weighted by atomic mass is 9.79. The highest BCUT2D eigenvalue weighted by Gasteiger charge is 2.53. The van der Waals surface area contributed by atoms with Gasteiger partial charge in [0.2, 0.25) is 11.8 Å². The molecule has 0 radical (unpaired) electrons.